The lowest BCUT2D eigenvalue weighted by Gasteiger charge is -2.12. The van der Waals surface area contributed by atoms with Gasteiger partial charge in [0.2, 0.25) is 0 Å². The Balaban J connectivity index is 1.39. The van der Waals surface area contributed by atoms with Gasteiger partial charge in [0.15, 0.2) is 6.61 Å². The topological polar surface area (TPSA) is 84.5 Å². The highest BCUT2D eigenvalue weighted by Crippen LogP contribution is 2.24. The first-order chi connectivity index (χ1) is 15.8. The smallest absolute Gasteiger partial charge is 0.262 e. The summed E-state index contributed by atoms with van der Waals surface area (Å²) in [5.74, 6) is 0.0911. The number of aryl methyl sites for hydroxylation is 2. The molecule has 2 N–H and O–H groups in total. The zero-order valence-electron chi connectivity index (χ0n) is 18.3. The Labute approximate surface area is 193 Å². The Morgan fingerprint density at radius 1 is 0.848 bits per heavy atom. The van der Waals surface area contributed by atoms with Gasteiger partial charge >= 0.3 is 0 Å². The second kappa shape index (κ2) is 9.34. The van der Waals surface area contributed by atoms with E-state index in [0.717, 1.165) is 21.9 Å². The van der Waals surface area contributed by atoms with Crippen LogP contribution in [0.3, 0.4) is 0 Å². The van der Waals surface area contributed by atoms with Crippen LogP contribution in [0.15, 0.2) is 89.8 Å². The van der Waals surface area contributed by atoms with Crippen LogP contribution in [-0.4, -0.2) is 20.9 Å². The van der Waals surface area contributed by atoms with Crippen LogP contribution >= 0.6 is 0 Å². The van der Waals surface area contributed by atoms with Crippen LogP contribution in [0.5, 0.6) is 5.75 Å². The predicted molar refractivity (Wildman–Crippen MR) is 131 cm³/mol. The van der Waals surface area contributed by atoms with Gasteiger partial charge in [-0.3, -0.25) is 9.52 Å². The molecule has 0 unspecified atom stereocenters. The molecule has 0 radical (unpaired) electrons. The molecular formula is C26H24N2O4S. The normalized spacial score (nSPS) is 11.2. The summed E-state index contributed by atoms with van der Waals surface area (Å²) in [5, 5.41) is 4.83. The number of benzene rings is 4. The molecule has 0 aliphatic rings. The number of carbonyl (C=O) groups excluding carboxylic acids is 1. The summed E-state index contributed by atoms with van der Waals surface area (Å²) in [6, 6.07) is 25.0. The van der Waals surface area contributed by atoms with Crippen LogP contribution in [0.2, 0.25) is 0 Å². The first kappa shape index (κ1) is 22.4. The van der Waals surface area contributed by atoms with Crippen LogP contribution in [-0.2, 0) is 14.8 Å². The van der Waals surface area contributed by atoms with E-state index >= 15 is 0 Å². The molecule has 168 valence electrons. The van der Waals surface area contributed by atoms with Gasteiger partial charge in [-0.05, 0) is 66.8 Å². The quantitative estimate of drug-likeness (QED) is 0.393. The van der Waals surface area contributed by atoms with Gasteiger partial charge in [-0.25, -0.2) is 8.42 Å². The highest BCUT2D eigenvalue weighted by molar-refractivity contribution is 7.92. The largest absolute Gasteiger partial charge is 0.484 e. The number of sulfonamides is 1. The van der Waals surface area contributed by atoms with Gasteiger partial charge in [-0.1, -0.05) is 48.5 Å². The summed E-state index contributed by atoms with van der Waals surface area (Å²) in [6.07, 6.45) is 0. The van der Waals surface area contributed by atoms with E-state index in [2.05, 4.69) is 10.0 Å². The molecule has 0 aliphatic heterocycles. The van der Waals surface area contributed by atoms with Crippen LogP contribution in [0, 0.1) is 13.8 Å². The minimum Gasteiger partial charge on any atom is -0.484 e. The molecule has 4 aromatic rings. The first-order valence-electron chi connectivity index (χ1n) is 10.4. The zero-order chi connectivity index (χ0) is 23.4. The van der Waals surface area contributed by atoms with Crippen molar-refractivity contribution in [3.05, 3.63) is 96.1 Å². The standard InChI is InChI=1S/C26H24N2O4S/c1-18-10-11-19(2)25(16-18)28-33(30,31)22-14-12-21(13-15-22)32-17-26(29)27-24-9-5-7-20-6-3-4-8-23(20)24/h3-16,28H,17H2,1-2H3,(H,27,29). The predicted octanol–water partition coefficient (Wildman–Crippen LogP) is 5.27. The lowest BCUT2D eigenvalue weighted by Crippen LogP contribution is -2.20. The van der Waals surface area contributed by atoms with E-state index in [-0.39, 0.29) is 17.4 Å². The van der Waals surface area contributed by atoms with Crippen molar-refractivity contribution in [2.75, 3.05) is 16.6 Å². The third-order valence-electron chi connectivity index (χ3n) is 5.21. The highest BCUT2D eigenvalue weighted by atomic mass is 32.2. The molecule has 0 bridgehead atoms. The number of rotatable bonds is 7. The lowest BCUT2D eigenvalue weighted by atomic mass is 10.1. The number of fused-ring (bicyclic) bond motifs is 1. The van der Waals surface area contributed by atoms with E-state index in [0.29, 0.717) is 17.1 Å². The lowest BCUT2D eigenvalue weighted by molar-refractivity contribution is -0.118. The van der Waals surface area contributed by atoms with E-state index in [1.54, 1.807) is 6.07 Å². The molecule has 0 saturated heterocycles. The van der Waals surface area contributed by atoms with Gasteiger partial charge < -0.3 is 10.1 Å². The van der Waals surface area contributed by atoms with Gasteiger partial charge in [-0.15, -0.1) is 0 Å². The number of hydrogen-bond donors (Lipinski definition) is 2. The molecule has 0 heterocycles. The maximum Gasteiger partial charge on any atom is 0.262 e. The highest BCUT2D eigenvalue weighted by Gasteiger charge is 2.16. The zero-order valence-corrected chi connectivity index (χ0v) is 19.1. The maximum atomic E-state index is 12.7. The van der Waals surface area contributed by atoms with E-state index in [9.17, 15) is 13.2 Å². The molecule has 33 heavy (non-hydrogen) atoms. The fraction of sp³-hybridized carbons (Fsp3) is 0.115. The van der Waals surface area contributed by atoms with Crippen molar-refractivity contribution in [3.8, 4) is 5.75 Å². The second-order valence-corrected chi connectivity index (χ2v) is 9.44. The first-order valence-corrected chi connectivity index (χ1v) is 11.9. The summed E-state index contributed by atoms with van der Waals surface area (Å²) in [4.78, 5) is 12.5. The van der Waals surface area contributed by atoms with Crippen molar-refractivity contribution in [1.82, 2.24) is 0 Å². The molecule has 4 aromatic carbocycles. The monoisotopic (exact) mass is 460 g/mol. The van der Waals surface area contributed by atoms with Crippen LogP contribution in [0.1, 0.15) is 11.1 Å². The van der Waals surface area contributed by atoms with Crippen molar-refractivity contribution in [2.45, 2.75) is 18.7 Å². The Kier molecular flexibility index (Phi) is 6.33. The van der Waals surface area contributed by atoms with Crippen LogP contribution in [0.4, 0.5) is 11.4 Å². The summed E-state index contributed by atoms with van der Waals surface area (Å²) < 4.78 is 33.6. The van der Waals surface area contributed by atoms with E-state index in [4.69, 9.17) is 4.74 Å². The van der Waals surface area contributed by atoms with E-state index < -0.39 is 10.0 Å². The third-order valence-corrected chi connectivity index (χ3v) is 6.59. The SMILES string of the molecule is Cc1ccc(C)c(NS(=O)(=O)c2ccc(OCC(=O)Nc3cccc4ccccc34)cc2)c1. The Morgan fingerprint density at radius 2 is 1.58 bits per heavy atom. The molecule has 6 nitrogen and oxygen atoms in total. The fourth-order valence-corrected chi connectivity index (χ4v) is 4.56. The molecule has 0 fully saturated rings. The summed E-state index contributed by atoms with van der Waals surface area (Å²) >= 11 is 0. The average molecular weight is 461 g/mol. The molecule has 1 amide bonds. The molecule has 4 rings (SSSR count). The van der Waals surface area contributed by atoms with Gasteiger partial charge in [0.1, 0.15) is 5.75 Å². The molecule has 7 heteroatoms. The number of anilines is 2. The molecule has 0 atom stereocenters. The minimum absolute atomic E-state index is 0.107. The molecular weight excluding hydrogens is 436 g/mol. The van der Waals surface area contributed by atoms with Gasteiger partial charge in [0.05, 0.1) is 10.6 Å². The second-order valence-electron chi connectivity index (χ2n) is 7.76. The van der Waals surface area contributed by atoms with Crippen LogP contribution < -0.4 is 14.8 Å². The molecule has 0 aliphatic carbocycles. The summed E-state index contributed by atoms with van der Waals surface area (Å²) in [6.45, 7) is 3.55. The van der Waals surface area contributed by atoms with Crippen LogP contribution in [0.25, 0.3) is 10.8 Å². The van der Waals surface area contributed by atoms with Crippen molar-refractivity contribution in [2.24, 2.45) is 0 Å². The molecule has 0 saturated carbocycles. The van der Waals surface area contributed by atoms with E-state index in [1.807, 2.05) is 68.4 Å². The third kappa shape index (κ3) is 5.32. The Hall–Kier alpha value is -3.84. The number of carbonyl (C=O) groups is 1. The summed E-state index contributed by atoms with van der Waals surface area (Å²) in [5.41, 5.74) is 3.05. The molecule has 0 spiro atoms. The van der Waals surface area contributed by atoms with Crippen molar-refractivity contribution >= 4 is 38.1 Å². The van der Waals surface area contributed by atoms with E-state index in [1.165, 1.54) is 24.3 Å². The Bertz CT molecular complexity index is 1410. The minimum atomic E-state index is -3.75. The Morgan fingerprint density at radius 3 is 2.36 bits per heavy atom. The van der Waals surface area contributed by atoms with Gasteiger partial charge in [0, 0.05) is 11.1 Å². The van der Waals surface area contributed by atoms with Crippen molar-refractivity contribution in [1.29, 1.82) is 0 Å². The van der Waals surface area contributed by atoms with Crippen molar-refractivity contribution < 1.29 is 17.9 Å². The van der Waals surface area contributed by atoms with Gasteiger partial charge in [0.25, 0.3) is 15.9 Å². The molecule has 0 aromatic heterocycles. The maximum absolute atomic E-state index is 12.7. The summed E-state index contributed by atoms with van der Waals surface area (Å²) in [7, 11) is -3.75. The number of hydrogen-bond acceptors (Lipinski definition) is 4. The van der Waals surface area contributed by atoms with Crippen molar-refractivity contribution in [3.63, 3.8) is 0 Å². The van der Waals surface area contributed by atoms with Gasteiger partial charge in [-0.2, -0.15) is 0 Å². The fourth-order valence-electron chi connectivity index (χ4n) is 3.43. The number of amides is 1. The average Bonchev–Trinajstić information content (AvgIpc) is 2.80. The number of ether oxygens (including phenoxy) is 1. The number of nitrogens with one attached hydrogen (secondary N) is 2.